The molecule has 2 aliphatic heterocycles. The minimum atomic E-state index is -2.63. The molecule has 1 N–H and O–H groups in total. The van der Waals surface area contributed by atoms with Crippen molar-refractivity contribution in [3.63, 3.8) is 0 Å². The van der Waals surface area contributed by atoms with Crippen molar-refractivity contribution in [1.29, 1.82) is 0 Å². The number of aliphatic imine (C=N–C) groups is 1. The summed E-state index contributed by atoms with van der Waals surface area (Å²) in [4.78, 5) is 7.02. The van der Waals surface area contributed by atoms with Crippen LogP contribution in [-0.4, -0.2) is 29.6 Å². The molecule has 5 heteroatoms. The number of anilines is 2. The number of nitrogens with one attached hydrogen (secondary N) is 1. The third-order valence-electron chi connectivity index (χ3n) is 7.79. The van der Waals surface area contributed by atoms with Crippen LogP contribution in [0.15, 0.2) is 65.7 Å². The molecule has 0 aromatic heterocycles. The molecule has 194 valence electrons. The van der Waals surface area contributed by atoms with E-state index in [0.29, 0.717) is 25.4 Å². The fraction of sp³-hybridized carbons (Fsp3) is 0.406. The standard InChI is InChI=1S/C32H37F2N3/c1-4-16-32(33,34)21-37-17-15-27-25(20-37)10-8-12-30(27)35-26-14-13-22(3)28(19-26)31-23(5-2)18-24-9-6-7-11-29(24)36-31/h6-14,19,23,35H,4-5,15-18,20-21H2,1-3H3. The smallest absolute Gasteiger partial charge is 0.260 e. The third kappa shape index (κ3) is 5.62. The summed E-state index contributed by atoms with van der Waals surface area (Å²) in [5.74, 6) is -2.23. The number of alkyl halides is 2. The van der Waals surface area contributed by atoms with E-state index in [1.165, 1.54) is 28.0 Å². The average Bonchev–Trinajstić information content (AvgIpc) is 2.88. The van der Waals surface area contributed by atoms with Gasteiger partial charge < -0.3 is 5.32 Å². The molecule has 1 unspecified atom stereocenters. The van der Waals surface area contributed by atoms with E-state index in [4.69, 9.17) is 4.99 Å². The lowest BCUT2D eigenvalue weighted by atomic mass is 9.84. The molecule has 2 aliphatic rings. The molecule has 0 saturated heterocycles. The maximum atomic E-state index is 14.2. The molecule has 0 bridgehead atoms. The van der Waals surface area contributed by atoms with E-state index in [9.17, 15) is 8.78 Å². The highest BCUT2D eigenvalue weighted by Gasteiger charge is 2.32. The summed E-state index contributed by atoms with van der Waals surface area (Å²) in [5, 5.41) is 3.65. The molecular weight excluding hydrogens is 464 g/mol. The lowest BCUT2D eigenvalue weighted by Gasteiger charge is -2.32. The second kappa shape index (κ2) is 10.7. The quantitative estimate of drug-likeness (QED) is 0.337. The van der Waals surface area contributed by atoms with Crippen LogP contribution in [-0.2, 0) is 19.4 Å². The molecule has 3 nitrogen and oxygen atoms in total. The number of rotatable bonds is 8. The first-order valence-corrected chi connectivity index (χ1v) is 13.6. The van der Waals surface area contributed by atoms with Crippen molar-refractivity contribution >= 4 is 22.8 Å². The van der Waals surface area contributed by atoms with Crippen molar-refractivity contribution in [1.82, 2.24) is 4.90 Å². The van der Waals surface area contributed by atoms with Gasteiger partial charge in [0, 0.05) is 42.4 Å². The molecule has 0 amide bonds. The highest BCUT2D eigenvalue weighted by atomic mass is 19.3. The number of aryl methyl sites for hydroxylation is 1. The number of benzene rings is 3. The van der Waals surface area contributed by atoms with Gasteiger partial charge in [0.1, 0.15) is 0 Å². The van der Waals surface area contributed by atoms with Crippen LogP contribution < -0.4 is 5.32 Å². The normalized spacial score (nSPS) is 17.6. The van der Waals surface area contributed by atoms with Crippen LogP contribution in [0.5, 0.6) is 0 Å². The highest BCUT2D eigenvalue weighted by Crippen LogP contribution is 2.35. The maximum Gasteiger partial charge on any atom is 0.260 e. The molecule has 1 atom stereocenters. The molecule has 3 aromatic rings. The Hall–Kier alpha value is -3.05. The summed E-state index contributed by atoms with van der Waals surface area (Å²) >= 11 is 0. The van der Waals surface area contributed by atoms with Gasteiger partial charge in [-0.15, -0.1) is 0 Å². The van der Waals surface area contributed by atoms with Gasteiger partial charge in [0.15, 0.2) is 0 Å². The molecule has 0 spiro atoms. The van der Waals surface area contributed by atoms with Crippen LogP contribution in [0.2, 0.25) is 0 Å². The minimum Gasteiger partial charge on any atom is -0.355 e. The maximum absolute atomic E-state index is 14.2. The van der Waals surface area contributed by atoms with Gasteiger partial charge in [0.25, 0.3) is 5.92 Å². The molecule has 0 radical (unpaired) electrons. The van der Waals surface area contributed by atoms with Gasteiger partial charge in [-0.05, 0) is 72.7 Å². The van der Waals surface area contributed by atoms with Gasteiger partial charge in [-0.2, -0.15) is 0 Å². The molecule has 0 fully saturated rings. The number of halogens is 2. The lowest BCUT2D eigenvalue weighted by Crippen LogP contribution is -2.40. The van der Waals surface area contributed by atoms with Crippen LogP contribution in [0, 0.1) is 12.8 Å². The Morgan fingerprint density at radius 1 is 1.03 bits per heavy atom. The van der Waals surface area contributed by atoms with E-state index < -0.39 is 5.92 Å². The summed E-state index contributed by atoms with van der Waals surface area (Å²) in [5.41, 5.74) is 10.4. The zero-order chi connectivity index (χ0) is 26.0. The van der Waals surface area contributed by atoms with E-state index >= 15 is 0 Å². The zero-order valence-corrected chi connectivity index (χ0v) is 22.2. The summed E-state index contributed by atoms with van der Waals surface area (Å²) < 4.78 is 28.5. The van der Waals surface area contributed by atoms with Crippen molar-refractivity contribution in [3.05, 3.63) is 88.5 Å². The Balaban J connectivity index is 1.40. The summed E-state index contributed by atoms with van der Waals surface area (Å²) in [6.45, 7) is 7.26. The van der Waals surface area contributed by atoms with Gasteiger partial charge in [-0.3, -0.25) is 9.89 Å². The van der Waals surface area contributed by atoms with Crippen molar-refractivity contribution in [3.8, 4) is 0 Å². The summed E-state index contributed by atoms with van der Waals surface area (Å²) in [6, 6.07) is 21.2. The van der Waals surface area contributed by atoms with Gasteiger partial charge in [-0.25, -0.2) is 8.78 Å². The van der Waals surface area contributed by atoms with E-state index in [1.807, 2.05) is 17.9 Å². The number of para-hydroxylation sites is 1. The Bertz CT molecular complexity index is 1300. The molecule has 0 aliphatic carbocycles. The van der Waals surface area contributed by atoms with Crippen molar-refractivity contribution in [2.75, 3.05) is 18.4 Å². The van der Waals surface area contributed by atoms with Gasteiger partial charge in [0.2, 0.25) is 0 Å². The van der Waals surface area contributed by atoms with Gasteiger partial charge in [-0.1, -0.05) is 56.7 Å². The second-order valence-corrected chi connectivity index (χ2v) is 10.6. The summed E-state index contributed by atoms with van der Waals surface area (Å²) in [7, 11) is 0. The van der Waals surface area contributed by atoms with Gasteiger partial charge >= 0.3 is 0 Å². The number of hydrogen-bond donors (Lipinski definition) is 1. The van der Waals surface area contributed by atoms with Crippen LogP contribution in [0.3, 0.4) is 0 Å². The number of fused-ring (bicyclic) bond motifs is 2. The Kier molecular flexibility index (Phi) is 7.43. The number of hydrogen-bond acceptors (Lipinski definition) is 3. The Morgan fingerprint density at radius 2 is 1.84 bits per heavy atom. The molecule has 37 heavy (non-hydrogen) atoms. The van der Waals surface area contributed by atoms with Crippen LogP contribution in [0.25, 0.3) is 0 Å². The molecular formula is C32H37F2N3. The SMILES string of the molecule is CCCC(F)(F)CN1CCc2c(cccc2Nc2ccc(C)c(C3=Nc4ccccc4CC3CC)c2)C1. The average molecular weight is 502 g/mol. The molecule has 5 rings (SSSR count). The third-order valence-corrected chi connectivity index (χ3v) is 7.79. The van der Waals surface area contributed by atoms with Crippen LogP contribution in [0.1, 0.15) is 60.9 Å². The first-order valence-electron chi connectivity index (χ1n) is 13.6. The van der Waals surface area contributed by atoms with Gasteiger partial charge in [0.05, 0.1) is 17.9 Å². The molecule has 2 heterocycles. The largest absolute Gasteiger partial charge is 0.355 e. The van der Waals surface area contributed by atoms with Crippen molar-refractivity contribution in [2.45, 2.75) is 65.3 Å². The topological polar surface area (TPSA) is 27.6 Å². The monoisotopic (exact) mass is 501 g/mol. The highest BCUT2D eigenvalue weighted by molar-refractivity contribution is 6.06. The van der Waals surface area contributed by atoms with E-state index in [-0.39, 0.29) is 13.0 Å². The molecule has 3 aromatic carbocycles. The Labute approximate surface area is 219 Å². The first-order chi connectivity index (χ1) is 17.9. The van der Waals surface area contributed by atoms with E-state index in [2.05, 4.69) is 73.8 Å². The predicted molar refractivity (Wildman–Crippen MR) is 150 cm³/mol. The molecule has 0 saturated carbocycles. The number of nitrogens with zero attached hydrogens (tertiary/aromatic N) is 2. The zero-order valence-electron chi connectivity index (χ0n) is 22.2. The Morgan fingerprint density at radius 3 is 2.65 bits per heavy atom. The van der Waals surface area contributed by atoms with Crippen molar-refractivity contribution in [2.24, 2.45) is 10.9 Å². The van der Waals surface area contributed by atoms with E-state index in [1.54, 1.807) is 0 Å². The fourth-order valence-electron chi connectivity index (χ4n) is 5.82. The summed E-state index contributed by atoms with van der Waals surface area (Å²) in [6.07, 6.45) is 3.28. The van der Waals surface area contributed by atoms with Crippen LogP contribution >= 0.6 is 0 Å². The second-order valence-electron chi connectivity index (χ2n) is 10.6. The predicted octanol–water partition coefficient (Wildman–Crippen LogP) is 8.24. The van der Waals surface area contributed by atoms with Crippen molar-refractivity contribution < 1.29 is 8.78 Å². The fourth-order valence-corrected chi connectivity index (χ4v) is 5.82. The first kappa shape index (κ1) is 25.6. The lowest BCUT2D eigenvalue weighted by molar-refractivity contribution is -0.0426. The van der Waals surface area contributed by atoms with Crippen LogP contribution in [0.4, 0.5) is 25.8 Å². The van der Waals surface area contributed by atoms with E-state index in [0.717, 1.165) is 41.9 Å². The minimum absolute atomic E-state index is 0.0521.